The minimum absolute atomic E-state index is 0.103. The molecule has 1 heterocycles. The molecule has 1 fully saturated rings. The Hall–Kier alpha value is -2.53. The van der Waals surface area contributed by atoms with E-state index in [2.05, 4.69) is 58.0 Å². The van der Waals surface area contributed by atoms with Gasteiger partial charge in [-0.15, -0.1) is 0 Å². The van der Waals surface area contributed by atoms with Crippen molar-refractivity contribution in [1.29, 1.82) is 0 Å². The zero-order valence-electron chi connectivity index (χ0n) is 15.6. The van der Waals surface area contributed by atoms with E-state index in [0.29, 0.717) is 6.54 Å². The van der Waals surface area contributed by atoms with Gasteiger partial charge in [0.1, 0.15) is 0 Å². The molecule has 2 aromatic carbocycles. The van der Waals surface area contributed by atoms with Crippen molar-refractivity contribution in [1.82, 2.24) is 10.6 Å². The Balaban J connectivity index is 1.29. The number of ether oxygens (including phenoxy) is 1. The van der Waals surface area contributed by atoms with E-state index < -0.39 is 0 Å². The number of hydrogen-bond acceptors (Lipinski definition) is 3. The van der Waals surface area contributed by atoms with Crippen molar-refractivity contribution in [3.05, 3.63) is 65.2 Å². The fraction of sp³-hybridized carbons (Fsp3) is 0.409. The average molecular weight is 365 g/mol. The van der Waals surface area contributed by atoms with Gasteiger partial charge in [0.2, 0.25) is 0 Å². The van der Waals surface area contributed by atoms with Crippen LogP contribution in [0.2, 0.25) is 0 Å². The van der Waals surface area contributed by atoms with Gasteiger partial charge in [-0.1, -0.05) is 36.4 Å². The Labute approximate surface area is 160 Å². The Morgan fingerprint density at radius 1 is 1.07 bits per heavy atom. The van der Waals surface area contributed by atoms with Gasteiger partial charge in [0.05, 0.1) is 19.3 Å². The Morgan fingerprint density at radius 2 is 1.85 bits per heavy atom. The first kappa shape index (κ1) is 17.9. The van der Waals surface area contributed by atoms with Crippen molar-refractivity contribution >= 4 is 11.7 Å². The minimum Gasteiger partial charge on any atom is -0.378 e. The molecular formula is C22H27N3O2. The van der Waals surface area contributed by atoms with E-state index in [1.54, 1.807) is 0 Å². The number of carbonyl (C=O) groups excluding carboxylic acids is 1. The van der Waals surface area contributed by atoms with Crippen molar-refractivity contribution in [2.24, 2.45) is 0 Å². The number of morpholine rings is 1. The van der Waals surface area contributed by atoms with E-state index >= 15 is 0 Å². The summed E-state index contributed by atoms with van der Waals surface area (Å²) in [5, 5.41) is 6.13. The van der Waals surface area contributed by atoms with Crippen LogP contribution >= 0.6 is 0 Å². The maximum atomic E-state index is 12.4. The highest BCUT2D eigenvalue weighted by molar-refractivity contribution is 5.74. The van der Waals surface area contributed by atoms with Gasteiger partial charge in [-0.2, -0.15) is 0 Å². The number of nitrogens with zero attached hydrogens (tertiary/aromatic N) is 1. The van der Waals surface area contributed by atoms with Crippen LogP contribution in [0.4, 0.5) is 10.5 Å². The summed E-state index contributed by atoms with van der Waals surface area (Å²) in [4.78, 5) is 14.7. The molecule has 1 aliphatic carbocycles. The van der Waals surface area contributed by atoms with Crippen molar-refractivity contribution in [2.45, 2.75) is 31.8 Å². The van der Waals surface area contributed by atoms with Crippen LogP contribution < -0.4 is 15.5 Å². The lowest BCUT2D eigenvalue weighted by atomic mass is 9.88. The molecule has 2 amide bonds. The second-order valence-corrected chi connectivity index (χ2v) is 7.24. The maximum Gasteiger partial charge on any atom is 0.315 e. The fourth-order valence-electron chi connectivity index (χ4n) is 3.94. The largest absolute Gasteiger partial charge is 0.378 e. The minimum atomic E-state index is -0.103. The first-order chi connectivity index (χ1) is 13.3. The van der Waals surface area contributed by atoms with Crippen molar-refractivity contribution in [2.75, 3.05) is 31.2 Å². The third-order valence-electron chi connectivity index (χ3n) is 5.44. The van der Waals surface area contributed by atoms with Crippen LogP contribution in [0, 0.1) is 0 Å². The SMILES string of the molecule is O=C(NCc1ccc(N2CCOCC2)cc1)NC1CCCc2ccccc21. The Bertz CT molecular complexity index is 769. The van der Waals surface area contributed by atoms with Gasteiger partial charge in [-0.05, 0) is 48.1 Å². The van der Waals surface area contributed by atoms with E-state index in [9.17, 15) is 4.79 Å². The van der Waals surface area contributed by atoms with Crippen molar-refractivity contribution in [3.8, 4) is 0 Å². The Morgan fingerprint density at radius 3 is 2.67 bits per heavy atom. The van der Waals surface area contributed by atoms with Gasteiger partial charge in [-0.3, -0.25) is 0 Å². The van der Waals surface area contributed by atoms with Crippen LogP contribution in [0.15, 0.2) is 48.5 Å². The van der Waals surface area contributed by atoms with Crippen molar-refractivity contribution in [3.63, 3.8) is 0 Å². The molecule has 1 aliphatic heterocycles. The zero-order valence-corrected chi connectivity index (χ0v) is 15.6. The summed E-state index contributed by atoms with van der Waals surface area (Å²) in [6.07, 6.45) is 3.22. The van der Waals surface area contributed by atoms with Crippen LogP contribution in [-0.4, -0.2) is 32.3 Å². The van der Waals surface area contributed by atoms with E-state index in [4.69, 9.17) is 4.74 Å². The molecule has 1 unspecified atom stereocenters. The molecule has 5 nitrogen and oxygen atoms in total. The number of aryl methyl sites for hydroxylation is 1. The first-order valence-corrected chi connectivity index (χ1v) is 9.83. The van der Waals surface area contributed by atoms with Gasteiger partial charge in [0, 0.05) is 25.3 Å². The molecule has 2 aliphatic rings. The molecular weight excluding hydrogens is 338 g/mol. The number of carbonyl (C=O) groups is 1. The van der Waals surface area contributed by atoms with Gasteiger partial charge in [0.25, 0.3) is 0 Å². The molecule has 142 valence electrons. The number of amides is 2. The predicted molar refractivity (Wildman–Crippen MR) is 107 cm³/mol. The number of benzene rings is 2. The number of hydrogen-bond donors (Lipinski definition) is 2. The quantitative estimate of drug-likeness (QED) is 0.873. The number of rotatable bonds is 4. The number of fused-ring (bicyclic) bond motifs is 1. The highest BCUT2D eigenvalue weighted by Gasteiger charge is 2.21. The zero-order chi connectivity index (χ0) is 18.5. The monoisotopic (exact) mass is 365 g/mol. The Kier molecular flexibility index (Phi) is 5.58. The molecule has 0 radical (unpaired) electrons. The molecule has 0 aromatic heterocycles. The van der Waals surface area contributed by atoms with E-state index in [1.165, 1.54) is 16.8 Å². The third kappa shape index (κ3) is 4.42. The normalized spacial score (nSPS) is 19.3. The summed E-state index contributed by atoms with van der Waals surface area (Å²) < 4.78 is 5.40. The maximum absolute atomic E-state index is 12.4. The van der Waals surface area contributed by atoms with Crippen LogP contribution in [-0.2, 0) is 17.7 Å². The van der Waals surface area contributed by atoms with E-state index in [0.717, 1.165) is 51.1 Å². The smallest absolute Gasteiger partial charge is 0.315 e. The molecule has 5 heteroatoms. The first-order valence-electron chi connectivity index (χ1n) is 9.83. The molecule has 1 saturated heterocycles. The summed E-state index contributed by atoms with van der Waals surface area (Å²) in [5.41, 5.74) is 4.93. The third-order valence-corrected chi connectivity index (χ3v) is 5.44. The van der Waals surface area contributed by atoms with Gasteiger partial charge >= 0.3 is 6.03 Å². The molecule has 0 saturated carbocycles. The fourth-order valence-corrected chi connectivity index (χ4v) is 3.94. The summed E-state index contributed by atoms with van der Waals surface area (Å²) in [6.45, 7) is 3.97. The number of urea groups is 1. The average Bonchev–Trinajstić information content (AvgIpc) is 2.74. The molecule has 27 heavy (non-hydrogen) atoms. The standard InChI is InChI=1S/C22H27N3O2/c26-22(24-21-7-3-5-18-4-1-2-6-20(18)21)23-16-17-8-10-19(11-9-17)25-12-14-27-15-13-25/h1-2,4,6,8-11,21H,3,5,7,12-16H2,(H2,23,24,26). The highest BCUT2D eigenvalue weighted by Crippen LogP contribution is 2.29. The second kappa shape index (κ2) is 8.44. The predicted octanol–water partition coefficient (Wildman–Crippen LogP) is 3.40. The van der Waals surface area contributed by atoms with Gasteiger partial charge < -0.3 is 20.3 Å². The van der Waals surface area contributed by atoms with E-state index in [-0.39, 0.29) is 12.1 Å². The van der Waals surface area contributed by atoms with Crippen molar-refractivity contribution < 1.29 is 9.53 Å². The second-order valence-electron chi connectivity index (χ2n) is 7.24. The number of anilines is 1. The molecule has 0 spiro atoms. The van der Waals surface area contributed by atoms with Crippen LogP contribution in [0.25, 0.3) is 0 Å². The number of nitrogens with one attached hydrogen (secondary N) is 2. The molecule has 2 N–H and O–H groups in total. The molecule has 2 aromatic rings. The lowest BCUT2D eigenvalue weighted by molar-refractivity contribution is 0.122. The van der Waals surface area contributed by atoms with Crippen LogP contribution in [0.3, 0.4) is 0 Å². The van der Waals surface area contributed by atoms with Crippen LogP contribution in [0.5, 0.6) is 0 Å². The summed E-state index contributed by atoms with van der Waals surface area (Å²) >= 11 is 0. The summed E-state index contributed by atoms with van der Waals surface area (Å²) in [7, 11) is 0. The lowest BCUT2D eigenvalue weighted by Crippen LogP contribution is -2.38. The topological polar surface area (TPSA) is 53.6 Å². The summed E-state index contributed by atoms with van der Waals surface area (Å²) in [6, 6.07) is 16.8. The van der Waals surface area contributed by atoms with Gasteiger partial charge in [0.15, 0.2) is 0 Å². The molecule has 1 atom stereocenters. The van der Waals surface area contributed by atoms with Gasteiger partial charge in [-0.25, -0.2) is 4.79 Å². The lowest BCUT2D eigenvalue weighted by Gasteiger charge is -2.29. The molecule has 4 rings (SSSR count). The molecule has 0 bridgehead atoms. The summed E-state index contributed by atoms with van der Waals surface area (Å²) in [5.74, 6) is 0. The highest BCUT2D eigenvalue weighted by atomic mass is 16.5. The van der Waals surface area contributed by atoms with E-state index in [1.807, 2.05) is 6.07 Å². The van der Waals surface area contributed by atoms with Crippen LogP contribution in [0.1, 0.15) is 35.6 Å².